The fourth-order valence-corrected chi connectivity index (χ4v) is 3.61. The highest BCUT2D eigenvalue weighted by Crippen LogP contribution is 2.27. The van der Waals surface area contributed by atoms with Gasteiger partial charge in [-0.15, -0.1) is 0 Å². The molecule has 1 aromatic rings. The van der Waals surface area contributed by atoms with Gasteiger partial charge in [-0.2, -0.15) is 0 Å². The smallest absolute Gasteiger partial charge is 0.293 e. The molecular weight excluding hydrogens is 370 g/mol. The van der Waals surface area contributed by atoms with E-state index in [-0.39, 0.29) is 16.3 Å². The van der Waals surface area contributed by atoms with Crippen molar-refractivity contribution in [2.45, 2.75) is 24.7 Å². The highest BCUT2D eigenvalue weighted by molar-refractivity contribution is 7.90. The summed E-state index contributed by atoms with van der Waals surface area (Å²) in [6, 6.07) is 3.88. The number of hydrogen-bond donors (Lipinski definition) is 2. The summed E-state index contributed by atoms with van der Waals surface area (Å²) in [7, 11) is -1.76. The molecule has 0 saturated carbocycles. The quantitative estimate of drug-likeness (QED) is 0.247. The fourth-order valence-electron chi connectivity index (χ4n) is 2.97. The van der Waals surface area contributed by atoms with E-state index in [1.807, 2.05) is 0 Å². The molecule has 1 heterocycles. The van der Waals surface area contributed by atoms with Crippen LogP contribution in [-0.2, 0) is 9.84 Å². The molecule has 1 fully saturated rings. The lowest BCUT2D eigenvalue weighted by Gasteiger charge is -2.32. The van der Waals surface area contributed by atoms with Crippen LogP contribution in [-0.4, -0.2) is 63.7 Å². The minimum absolute atomic E-state index is 0.0717. The first-order valence-electron chi connectivity index (χ1n) is 8.90. The largest absolute Gasteiger partial charge is 0.378 e. The number of piperidine rings is 1. The maximum atomic E-state index is 11.6. The number of nitro benzene ring substituents is 1. The van der Waals surface area contributed by atoms with Gasteiger partial charge < -0.3 is 15.5 Å². The molecule has 0 spiro atoms. The Balaban J connectivity index is 1.93. The van der Waals surface area contributed by atoms with Crippen molar-refractivity contribution in [3.05, 3.63) is 28.3 Å². The van der Waals surface area contributed by atoms with Crippen molar-refractivity contribution < 1.29 is 13.3 Å². The zero-order valence-corrected chi connectivity index (χ0v) is 16.8. The number of likely N-dealkylation sites (tertiary alicyclic amines) is 1. The Morgan fingerprint density at radius 1 is 1.33 bits per heavy atom. The van der Waals surface area contributed by atoms with Gasteiger partial charge in [-0.25, -0.2) is 8.42 Å². The van der Waals surface area contributed by atoms with Crippen LogP contribution in [0.5, 0.6) is 0 Å². The molecule has 0 radical (unpaired) electrons. The van der Waals surface area contributed by atoms with Crippen LogP contribution in [0.25, 0.3) is 0 Å². The Bertz CT molecular complexity index is 802. The normalized spacial score (nSPS) is 16.3. The van der Waals surface area contributed by atoms with Crippen molar-refractivity contribution in [1.29, 1.82) is 0 Å². The molecule has 150 valence electrons. The van der Waals surface area contributed by atoms with E-state index in [1.54, 1.807) is 7.05 Å². The second-order valence-corrected chi connectivity index (χ2v) is 8.79. The van der Waals surface area contributed by atoms with E-state index in [0.717, 1.165) is 50.1 Å². The molecule has 0 amide bonds. The van der Waals surface area contributed by atoms with Crippen molar-refractivity contribution in [3.8, 4) is 0 Å². The first-order chi connectivity index (χ1) is 12.7. The van der Waals surface area contributed by atoms with Gasteiger partial charge in [0.2, 0.25) is 0 Å². The maximum absolute atomic E-state index is 11.6. The van der Waals surface area contributed by atoms with Gasteiger partial charge in [0.1, 0.15) is 5.69 Å². The third-order valence-electron chi connectivity index (χ3n) is 4.61. The number of anilines is 1. The van der Waals surface area contributed by atoms with Crippen molar-refractivity contribution in [2.24, 2.45) is 10.9 Å². The summed E-state index contributed by atoms with van der Waals surface area (Å²) in [5.74, 6) is 1.56. The van der Waals surface area contributed by atoms with Crippen molar-refractivity contribution in [3.63, 3.8) is 0 Å². The predicted molar refractivity (Wildman–Crippen MR) is 106 cm³/mol. The summed E-state index contributed by atoms with van der Waals surface area (Å²) in [6.45, 7) is 5.14. The van der Waals surface area contributed by atoms with E-state index in [1.165, 1.54) is 12.1 Å². The third-order valence-corrected chi connectivity index (χ3v) is 5.72. The Morgan fingerprint density at radius 2 is 2.00 bits per heavy atom. The van der Waals surface area contributed by atoms with E-state index >= 15 is 0 Å². The highest BCUT2D eigenvalue weighted by atomic mass is 32.2. The van der Waals surface area contributed by atoms with Crippen LogP contribution in [0.2, 0.25) is 0 Å². The SMILES string of the molecule is CN=C(NCCNc1ccc(S(C)(=O)=O)cc1[N+](=O)[O-])N1CCC(C)CC1. The van der Waals surface area contributed by atoms with Gasteiger partial charge in [-0.1, -0.05) is 6.92 Å². The van der Waals surface area contributed by atoms with Crippen molar-refractivity contribution in [2.75, 3.05) is 44.8 Å². The van der Waals surface area contributed by atoms with E-state index in [9.17, 15) is 18.5 Å². The molecule has 1 aromatic carbocycles. The van der Waals surface area contributed by atoms with Crippen LogP contribution in [0.15, 0.2) is 28.1 Å². The number of hydrogen-bond acceptors (Lipinski definition) is 6. The molecule has 2 rings (SSSR count). The van der Waals surface area contributed by atoms with Crippen molar-refractivity contribution in [1.82, 2.24) is 10.2 Å². The van der Waals surface area contributed by atoms with Crippen LogP contribution >= 0.6 is 0 Å². The maximum Gasteiger partial charge on any atom is 0.293 e. The molecule has 9 nitrogen and oxygen atoms in total. The molecule has 0 bridgehead atoms. The highest BCUT2D eigenvalue weighted by Gasteiger charge is 2.20. The van der Waals surface area contributed by atoms with Crippen LogP contribution in [0.4, 0.5) is 11.4 Å². The van der Waals surface area contributed by atoms with Gasteiger partial charge in [0, 0.05) is 45.5 Å². The number of nitrogens with zero attached hydrogens (tertiary/aromatic N) is 3. The minimum Gasteiger partial charge on any atom is -0.378 e. The second kappa shape index (κ2) is 9.03. The molecule has 27 heavy (non-hydrogen) atoms. The third kappa shape index (κ3) is 5.81. The zero-order chi connectivity index (χ0) is 20.0. The predicted octanol–water partition coefficient (Wildman–Crippen LogP) is 1.72. The van der Waals surface area contributed by atoms with E-state index in [2.05, 4.69) is 27.4 Å². The van der Waals surface area contributed by atoms with Gasteiger partial charge >= 0.3 is 0 Å². The topological polar surface area (TPSA) is 117 Å². The lowest BCUT2D eigenvalue weighted by atomic mass is 10.00. The van der Waals surface area contributed by atoms with E-state index in [4.69, 9.17) is 0 Å². The summed E-state index contributed by atoms with van der Waals surface area (Å²) >= 11 is 0. The lowest BCUT2D eigenvalue weighted by molar-refractivity contribution is -0.384. The zero-order valence-electron chi connectivity index (χ0n) is 15.9. The molecule has 0 aliphatic carbocycles. The summed E-state index contributed by atoms with van der Waals surface area (Å²) in [5, 5.41) is 17.5. The molecule has 1 aliphatic heterocycles. The Kier molecular flexibility index (Phi) is 7.00. The Hall–Kier alpha value is -2.36. The average molecular weight is 398 g/mol. The molecule has 1 aliphatic rings. The number of sulfone groups is 1. The molecule has 0 aromatic heterocycles. The average Bonchev–Trinajstić information content (AvgIpc) is 2.62. The van der Waals surface area contributed by atoms with Gasteiger partial charge in [-0.05, 0) is 30.9 Å². The molecule has 10 heteroatoms. The Labute approximate surface area is 159 Å². The molecular formula is C17H27N5O4S. The van der Waals surface area contributed by atoms with Crippen molar-refractivity contribution >= 4 is 27.2 Å². The van der Waals surface area contributed by atoms with Gasteiger partial charge in [0.15, 0.2) is 15.8 Å². The summed E-state index contributed by atoms with van der Waals surface area (Å²) in [6.07, 6.45) is 3.30. The fraction of sp³-hybridized carbons (Fsp3) is 0.588. The summed E-state index contributed by atoms with van der Waals surface area (Å²) < 4.78 is 23.2. The molecule has 0 atom stereocenters. The van der Waals surface area contributed by atoms with Gasteiger partial charge in [0.25, 0.3) is 5.69 Å². The molecule has 0 unspecified atom stereocenters. The molecule has 1 saturated heterocycles. The van der Waals surface area contributed by atoms with E-state index in [0.29, 0.717) is 13.1 Å². The standard InChI is InChI=1S/C17H27N5O4S/c1-13-6-10-21(11-7-13)17(18-2)20-9-8-19-15-5-4-14(27(3,25)26)12-16(15)22(23)24/h4-5,12-13,19H,6-11H2,1-3H3,(H,18,20). The first kappa shape index (κ1) is 20.9. The monoisotopic (exact) mass is 397 g/mol. The van der Waals surface area contributed by atoms with Gasteiger partial charge in [0.05, 0.1) is 9.82 Å². The minimum atomic E-state index is -3.50. The van der Waals surface area contributed by atoms with Crippen LogP contribution in [0.1, 0.15) is 19.8 Å². The second-order valence-electron chi connectivity index (χ2n) is 6.78. The lowest BCUT2D eigenvalue weighted by Crippen LogP contribution is -2.46. The Morgan fingerprint density at radius 3 is 2.56 bits per heavy atom. The number of nitro groups is 1. The van der Waals surface area contributed by atoms with Crippen LogP contribution < -0.4 is 10.6 Å². The van der Waals surface area contributed by atoms with Crippen LogP contribution in [0.3, 0.4) is 0 Å². The number of benzene rings is 1. The van der Waals surface area contributed by atoms with E-state index < -0.39 is 14.8 Å². The molecule has 2 N–H and O–H groups in total. The van der Waals surface area contributed by atoms with Gasteiger partial charge in [-0.3, -0.25) is 15.1 Å². The number of nitrogens with one attached hydrogen (secondary N) is 2. The van der Waals surface area contributed by atoms with Crippen LogP contribution in [0, 0.1) is 16.0 Å². The number of aliphatic imine (C=N–C) groups is 1. The number of rotatable bonds is 6. The summed E-state index contributed by atoms with van der Waals surface area (Å²) in [5.41, 5.74) is 0.0308. The number of guanidine groups is 1. The first-order valence-corrected chi connectivity index (χ1v) is 10.8. The summed E-state index contributed by atoms with van der Waals surface area (Å²) in [4.78, 5) is 17.1.